The number of amides is 1. The highest BCUT2D eigenvalue weighted by molar-refractivity contribution is 7.91. The first-order valence-electron chi connectivity index (χ1n) is 9.28. The van der Waals surface area contributed by atoms with Gasteiger partial charge < -0.3 is 10.1 Å². The highest BCUT2D eigenvalue weighted by atomic mass is 32.2. The second-order valence-electron chi connectivity index (χ2n) is 6.67. The summed E-state index contributed by atoms with van der Waals surface area (Å²) in [5.41, 5.74) is 1.77. The van der Waals surface area contributed by atoms with Crippen LogP contribution in [0.3, 0.4) is 0 Å². The van der Waals surface area contributed by atoms with Gasteiger partial charge in [-0.2, -0.15) is 4.31 Å². The third kappa shape index (κ3) is 4.44. The van der Waals surface area contributed by atoms with Gasteiger partial charge in [-0.15, -0.1) is 11.3 Å². The Morgan fingerprint density at radius 3 is 2.30 bits per heavy atom. The largest absolute Gasteiger partial charge is 0.379 e. The number of halogens is 1. The highest BCUT2D eigenvalue weighted by Gasteiger charge is 2.27. The average molecular weight is 447 g/mol. The number of anilines is 1. The Labute approximate surface area is 178 Å². The molecule has 1 N–H and O–H groups in total. The lowest BCUT2D eigenvalue weighted by Gasteiger charge is -2.25. The van der Waals surface area contributed by atoms with Crippen molar-refractivity contribution < 1.29 is 22.3 Å². The molecule has 30 heavy (non-hydrogen) atoms. The van der Waals surface area contributed by atoms with Crippen molar-refractivity contribution in [3.63, 3.8) is 0 Å². The number of ether oxygens (including phenoxy) is 1. The van der Waals surface area contributed by atoms with E-state index in [0.717, 1.165) is 10.4 Å². The zero-order chi connectivity index (χ0) is 21.1. The Kier molecular flexibility index (Phi) is 5.96. The first-order valence-corrected chi connectivity index (χ1v) is 11.5. The summed E-state index contributed by atoms with van der Waals surface area (Å²) < 4.78 is 45.5. The number of nitrogens with zero attached hydrogens (tertiary/aromatic N) is 1. The SMILES string of the molecule is O=C(Nc1ccc(F)cc1)c1ccc(-c2ccc(S(=O)(=O)N3CCOCC3)s2)cc1. The molecular weight excluding hydrogens is 427 g/mol. The van der Waals surface area contributed by atoms with Gasteiger partial charge in [0.2, 0.25) is 0 Å². The van der Waals surface area contributed by atoms with Crippen LogP contribution in [0.4, 0.5) is 10.1 Å². The predicted molar refractivity (Wildman–Crippen MR) is 114 cm³/mol. The summed E-state index contributed by atoms with van der Waals surface area (Å²) in [6.45, 7) is 1.51. The number of nitrogens with one attached hydrogen (secondary N) is 1. The Morgan fingerprint density at radius 2 is 1.63 bits per heavy atom. The molecule has 2 heterocycles. The fourth-order valence-electron chi connectivity index (χ4n) is 3.05. The van der Waals surface area contributed by atoms with Gasteiger partial charge in [0.15, 0.2) is 0 Å². The summed E-state index contributed by atoms with van der Waals surface area (Å²) in [4.78, 5) is 13.2. The van der Waals surface area contributed by atoms with Crippen LogP contribution in [0.25, 0.3) is 10.4 Å². The minimum Gasteiger partial charge on any atom is -0.379 e. The monoisotopic (exact) mass is 446 g/mol. The van der Waals surface area contributed by atoms with Gasteiger partial charge in [-0.3, -0.25) is 4.79 Å². The maximum atomic E-state index is 13.0. The normalized spacial score (nSPS) is 15.1. The molecule has 1 aliphatic heterocycles. The van der Waals surface area contributed by atoms with Gasteiger partial charge in [-0.05, 0) is 54.1 Å². The van der Waals surface area contributed by atoms with Gasteiger partial charge in [0.1, 0.15) is 10.0 Å². The molecule has 1 amide bonds. The molecule has 1 aliphatic rings. The van der Waals surface area contributed by atoms with Crippen LogP contribution in [0.15, 0.2) is 64.9 Å². The van der Waals surface area contributed by atoms with Crippen LogP contribution in [-0.4, -0.2) is 44.9 Å². The molecule has 6 nitrogen and oxygen atoms in total. The number of thiophene rings is 1. The Bertz CT molecular complexity index is 1140. The van der Waals surface area contributed by atoms with E-state index in [4.69, 9.17) is 4.74 Å². The van der Waals surface area contributed by atoms with Gasteiger partial charge in [-0.25, -0.2) is 12.8 Å². The summed E-state index contributed by atoms with van der Waals surface area (Å²) in [6, 6.07) is 15.8. The van der Waals surface area contributed by atoms with Crippen molar-refractivity contribution in [1.82, 2.24) is 4.31 Å². The van der Waals surface area contributed by atoms with Crippen LogP contribution < -0.4 is 5.32 Å². The summed E-state index contributed by atoms with van der Waals surface area (Å²) in [5, 5.41) is 2.71. The van der Waals surface area contributed by atoms with E-state index < -0.39 is 10.0 Å². The highest BCUT2D eigenvalue weighted by Crippen LogP contribution is 2.32. The van der Waals surface area contributed by atoms with Crippen LogP contribution in [0.5, 0.6) is 0 Å². The molecule has 0 aliphatic carbocycles. The van der Waals surface area contributed by atoms with Crippen molar-refractivity contribution >= 4 is 33.0 Å². The third-order valence-electron chi connectivity index (χ3n) is 4.68. The summed E-state index contributed by atoms with van der Waals surface area (Å²) >= 11 is 1.20. The maximum absolute atomic E-state index is 13.0. The molecule has 0 saturated carbocycles. The molecular formula is C21H19FN2O4S2. The molecule has 4 rings (SSSR count). The summed E-state index contributed by atoms with van der Waals surface area (Å²) in [5.74, 6) is -0.682. The van der Waals surface area contributed by atoms with E-state index >= 15 is 0 Å². The lowest BCUT2D eigenvalue weighted by Crippen LogP contribution is -2.40. The molecule has 1 fully saturated rings. The van der Waals surface area contributed by atoms with Gasteiger partial charge in [0.05, 0.1) is 13.2 Å². The van der Waals surface area contributed by atoms with Crippen molar-refractivity contribution in [2.45, 2.75) is 4.21 Å². The van der Waals surface area contributed by atoms with Crippen molar-refractivity contribution in [2.24, 2.45) is 0 Å². The van der Waals surface area contributed by atoms with Gasteiger partial charge in [0.25, 0.3) is 15.9 Å². The van der Waals surface area contributed by atoms with Crippen molar-refractivity contribution in [3.05, 3.63) is 72.0 Å². The molecule has 1 aromatic heterocycles. The Hall–Kier alpha value is -2.59. The van der Waals surface area contributed by atoms with Gasteiger partial charge >= 0.3 is 0 Å². The number of hydrogen-bond donors (Lipinski definition) is 1. The van der Waals surface area contributed by atoms with Gasteiger partial charge in [0, 0.05) is 29.2 Å². The van der Waals surface area contributed by atoms with Crippen molar-refractivity contribution in [3.8, 4) is 10.4 Å². The molecule has 3 aromatic rings. The van der Waals surface area contributed by atoms with Crippen LogP contribution in [0, 0.1) is 5.82 Å². The van der Waals surface area contributed by atoms with E-state index in [-0.39, 0.29) is 15.9 Å². The molecule has 0 atom stereocenters. The quantitative estimate of drug-likeness (QED) is 0.646. The molecule has 9 heteroatoms. The number of sulfonamides is 1. The first-order chi connectivity index (χ1) is 14.4. The third-order valence-corrected chi connectivity index (χ3v) is 8.18. The zero-order valence-corrected chi connectivity index (χ0v) is 17.5. The Balaban J connectivity index is 1.48. The molecule has 0 spiro atoms. The number of carbonyl (C=O) groups is 1. The predicted octanol–water partition coefficient (Wildman–Crippen LogP) is 3.83. The van der Waals surface area contributed by atoms with Crippen molar-refractivity contribution in [1.29, 1.82) is 0 Å². The standard InChI is InChI=1S/C21H19FN2O4S2/c22-17-5-7-18(8-6-17)23-21(25)16-3-1-15(2-4-16)19-9-10-20(29-19)30(26,27)24-11-13-28-14-12-24/h1-10H,11-14H2,(H,23,25). The topological polar surface area (TPSA) is 75.7 Å². The van der Waals surface area contributed by atoms with Crippen LogP contribution in [0.1, 0.15) is 10.4 Å². The van der Waals surface area contributed by atoms with Crippen LogP contribution >= 0.6 is 11.3 Å². The summed E-state index contributed by atoms with van der Waals surface area (Å²) in [6.07, 6.45) is 0. The van der Waals surface area contributed by atoms with E-state index in [2.05, 4.69) is 5.32 Å². The van der Waals surface area contributed by atoms with E-state index in [1.165, 1.54) is 39.9 Å². The lowest BCUT2D eigenvalue weighted by molar-refractivity contribution is 0.0731. The molecule has 0 radical (unpaired) electrons. The molecule has 1 saturated heterocycles. The molecule has 156 valence electrons. The smallest absolute Gasteiger partial charge is 0.255 e. The number of rotatable bonds is 5. The van der Waals surface area contributed by atoms with E-state index in [0.29, 0.717) is 37.6 Å². The minimum absolute atomic E-state index is 0.289. The maximum Gasteiger partial charge on any atom is 0.255 e. The number of benzene rings is 2. The van der Waals surface area contributed by atoms with E-state index in [9.17, 15) is 17.6 Å². The summed E-state index contributed by atoms with van der Waals surface area (Å²) in [7, 11) is -3.53. The fraction of sp³-hybridized carbons (Fsp3) is 0.190. The second-order valence-corrected chi connectivity index (χ2v) is 9.92. The van der Waals surface area contributed by atoms with Crippen LogP contribution in [0.2, 0.25) is 0 Å². The van der Waals surface area contributed by atoms with E-state index in [1.54, 1.807) is 36.4 Å². The molecule has 0 bridgehead atoms. The van der Waals surface area contributed by atoms with Gasteiger partial charge in [-0.1, -0.05) is 12.1 Å². The minimum atomic E-state index is -3.53. The van der Waals surface area contributed by atoms with E-state index in [1.807, 2.05) is 0 Å². The average Bonchev–Trinajstić information content (AvgIpc) is 3.27. The molecule has 2 aromatic carbocycles. The number of morpholine rings is 1. The number of carbonyl (C=O) groups excluding carboxylic acids is 1. The second kappa shape index (κ2) is 8.65. The fourth-order valence-corrected chi connectivity index (χ4v) is 5.92. The van der Waals surface area contributed by atoms with Crippen LogP contribution in [-0.2, 0) is 14.8 Å². The molecule has 0 unspecified atom stereocenters. The van der Waals surface area contributed by atoms with Crippen molar-refractivity contribution in [2.75, 3.05) is 31.6 Å². The Morgan fingerprint density at radius 1 is 0.967 bits per heavy atom. The zero-order valence-electron chi connectivity index (χ0n) is 15.9. The lowest BCUT2D eigenvalue weighted by atomic mass is 10.1. The first kappa shape index (κ1) is 20.7. The number of hydrogen-bond acceptors (Lipinski definition) is 5.